The molecular weight excluding hydrogens is 861 g/mol. The lowest BCUT2D eigenvalue weighted by molar-refractivity contribution is -0.161. The predicted octanol–water partition coefficient (Wildman–Crippen LogP) is 19.4. The topological polar surface area (TPSA) is 72.8 Å². The second-order valence-corrected chi connectivity index (χ2v) is 18.2. The molecule has 1 atom stereocenters. The van der Waals surface area contributed by atoms with E-state index in [1.807, 2.05) is 0 Å². The highest BCUT2D eigenvalue weighted by atomic mass is 16.6. The summed E-state index contributed by atoms with van der Waals surface area (Å²) in [7, 11) is 0. The smallest absolute Gasteiger partial charge is 0.306 e. The van der Waals surface area contributed by atoms with E-state index < -0.39 is 6.10 Å². The summed E-state index contributed by atoms with van der Waals surface area (Å²) in [6.45, 7) is 3.90. The molecule has 1 N–H and O–H groups in total. The molecule has 0 aromatic carbocycles. The molecule has 0 radical (unpaired) electrons. The molecule has 0 amide bonds. The molecule has 0 bridgehead atoms. The van der Waals surface area contributed by atoms with Crippen LogP contribution >= 0.6 is 0 Å². The Morgan fingerprint density at radius 3 is 0.857 bits per heavy atom. The number of unbranched alkanes of at least 4 members (excludes halogenated alkanes) is 18. The van der Waals surface area contributed by atoms with Gasteiger partial charge in [-0.15, -0.1) is 0 Å². The molecule has 0 aliphatic rings. The number of hydrogen-bond donors (Lipinski definition) is 1. The summed E-state index contributed by atoms with van der Waals surface area (Å²) in [6.07, 6.45) is 89.5. The van der Waals surface area contributed by atoms with Gasteiger partial charge in [-0.05, 0) is 116 Å². The maximum atomic E-state index is 12.3. The van der Waals surface area contributed by atoms with E-state index in [1.54, 1.807) is 0 Å². The van der Waals surface area contributed by atoms with Gasteiger partial charge in [0.25, 0.3) is 0 Å². The Bertz CT molecular complexity index is 1510. The highest BCUT2D eigenvalue weighted by Gasteiger charge is 2.16. The van der Waals surface area contributed by atoms with Crippen LogP contribution in [0.2, 0.25) is 0 Å². The highest BCUT2D eigenvalue weighted by molar-refractivity contribution is 5.70. The van der Waals surface area contributed by atoms with Crippen LogP contribution in [-0.2, 0) is 19.1 Å². The summed E-state index contributed by atoms with van der Waals surface area (Å²) >= 11 is 0. The molecule has 0 saturated heterocycles. The van der Waals surface area contributed by atoms with Gasteiger partial charge in [0.05, 0.1) is 6.61 Å². The van der Waals surface area contributed by atoms with Gasteiger partial charge in [0.2, 0.25) is 0 Å². The van der Waals surface area contributed by atoms with Gasteiger partial charge in [-0.3, -0.25) is 9.59 Å². The summed E-state index contributed by atoms with van der Waals surface area (Å²) in [5.41, 5.74) is 0. The van der Waals surface area contributed by atoms with E-state index in [1.165, 1.54) is 83.5 Å². The van der Waals surface area contributed by atoms with Gasteiger partial charge in [-0.25, -0.2) is 0 Å². The Morgan fingerprint density at radius 1 is 0.329 bits per heavy atom. The molecule has 394 valence electrons. The molecule has 0 aliphatic heterocycles. The van der Waals surface area contributed by atoms with E-state index in [9.17, 15) is 14.7 Å². The number of rotatable bonds is 50. The zero-order chi connectivity index (χ0) is 50.6. The Hall–Kier alpha value is -4.22. The summed E-state index contributed by atoms with van der Waals surface area (Å²) in [4.78, 5) is 24.5. The summed E-state index contributed by atoms with van der Waals surface area (Å²) < 4.78 is 10.7. The third-order valence-corrected chi connectivity index (χ3v) is 11.6. The molecule has 5 nitrogen and oxygen atoms in total. The van der Waals surface area contributed by atoms with Crippen molar-refractivity contribution < 1.29 is 24.2 Å². The largest absolute Gasteiger partial charge is 0.462 e. The first kappa shape index (κ1) is 65.8. The number of carbonyl (C=O) groups excluding carboxylic acids is 2. The minimum absolute atomic E-state index is 0.0816. The zero-order valence-corrected chi connectivity index (χ0v) is 45.0. The SMILES string of the molecule is CC/C=C\C/C=C\C/C=C\C/C=C\C/C=C\C/C=C\C/C=C\CCCCCCCCCCCCCC(=O)OC(CO)COC(=O)CCCCCCCCC/C=C\C/C=C\C/C=C\C/C=C\C/C=C\CC. The molecule has 1 unspecified atom stereocenters. The van der Waals surface area contributed by atoms with Gasteiger partial charge in [-0.1, -0.05) is 250 Å². The van der Waals surface area contributed by atoms with Crippen molar-refractivity contribution in [2.45, 2.75) is 238 Å². The monoisotopic (exact) mass is 965 g/mol. The number of aliphatic hydroxyl groups is 1. The maximum absolute atomic E-state index is 12.3. The van der Waals surface area contributed by atoms with Crippen LogP contribution < -0.4 is 0 Å². The third kappa shape index (κ3) is 56.4. The van der Waals surface area contributed by atoms with E-state index >= 15 is 0 Å². The van der Waals surface area contributed by atoms with E-state index in [4.69, 9.17) is 9.47 Å². The van der Waals surface area contributed by atoms with Crippen molar-refractivity contribution in [3.05, 3.63) is 146 Å². The number of allylic oxidation sites excluding steroid dienone is 24. The van der Waals surface area contributed by atoms with Crippen molar-refractivity contribution in [1.82, 2.24) is 0 Å². The van der Waals surface area contributed by atoms with Gasteiger partial charge in [0, 0.05) is 12.8 Å². The number of carbonyl (C=O) groups is 2. The van der Waals surface area contributed by atoms with Crippen LogP contribution in [0.3, 0.4) is 0 Å². The first-order valence-electron chi connectivity index (χ1n) is 28.4. The molecule has 0 aliphatic carbocycles. The molecule has 0 aromatic rings. The van der Waals surface area contributed by atoms with Crippen molar-refractivity contribution in [3.63, 3.8) is 0 Å². The third-order valence-electron chi connectivity index (χ3n) is 11.6. The minimum Gasteiger partial charge on any atom is -0.462 e. The van der Waals surface area contributed by atoms with Crippen molar-refractivity contribution in [2.75, 3.05) is 13.2 Å². The first-order chi connectivity index (χ1) is 34.6. The Labute approximate surface area is 431 Å². The van der Waals surface area contributed by atoms with Gasteiger partial charge < -0.3 is 14.6 Å². The molecule has 0 saturated carbocycles. The van der Waals surface area contributed by atoms with Gasteiger partial charge in [0.1, 0.15) is 6.61 Å². The Morgan fingerprint density at radius 2 is 0.571 bits per heavy atom. The summed E-state index contributed by atoms with van der Waals surface area (Å²) in [5, 5.41) is 9.66. The minimum atomic E-state index is -0.790. The fraction of sp³-hybridized carbons (Fsp3) is 0.600. The predicted molar refractivity (Wildman–Crippen MR) is 306 cm³/mol. The molecular formula is C65H104O5. The molecule has 0 spiro atoms. The number of aliphatic hydroxyl groups excluding tert-OH is 1. The van der Waals surface area contributed by atoms with Crippen LogP contribution in [0.25, 0.3) is 0 Å². The fourth-order valence-electron chi connectivity index (χ4n) is 7.44. The molecule has 0 rings (SSSR count). The zero-order valence-electron chi connectivity index (χ0n) is 45.0. The van der Waals surface area contributed by atoms with Crippen LogP contribution in [0.4, 0.5) is 0 Å². The molecule has 0 fully saturated rings. The van der Waals surface area contributed by atoms with Crippen LogP contribution in [-0.4, -0.2) is 36.4 Å². The van der Waals surface area contributed by atoms with Crippen molar-refractivity contribution >= 4 is 11.9 Å². The molecule has 0 heterocycles. The fourth-order valence-corrected chi connectivity index (χ4v) is 7.44. The van der Waals surface area contributed by atoms with E-state index in [0.29, 0.717) is 12.8 Å². The summed E-state index contributed by atoms with van der Waals surface area (Å²) in [5.74, 6) is -0.614. The van der Waals surface area contributed by atoms with Gasteiger partial charge in [-0.2, -0.15) is 0 Å². The molecule has 70 heavy (non-hydrogen) atoms. The lowest BCUT2D eigenvalue weighted by Gasteiger charge is -2.15. The normalized spacial score (nSPS) is 13.4. The lowest BCUT2D eigenvalue weighted by atomic mass is 10.0. The number of ether oxygens (including phenoxy) is 2. The van der Waals surface area contributed by atoms with Crippen LogP contribution in [0.15, 0.2) is 146 Å². The number of esters is 2. The molecule has 5 heteroatoms. The van der Waals surface area contributed by atoms with E-state index in [2.05, 4.69) is 160 Å². The maximum Gasteiger partial charge on any atom is 0.306 e. The standard InChI is InChI=1S/C65H104O5/c1-3-5-7-9-11-13-15-17-19-21-23-25-27-28-29-30-31-32-33-34-35-36-38-40-42-44-46-48-50-52-54-56-58-60-65(68)70-63(61-66)62-69-64(67)59-57-55-53-51-49-47-45-43-41-39-37-26-24-22-20-18-16-14-12-10-8-6-4-2/h5-8,11-14,17-20,23-26,28-29,31-32,34-35,39,41,63,66H,3-4,9-10,15-16,21-22,27,30,33,36-38,40,42-62H2,1-2H3/b7-5-,8-6-,13-11-,14-12-,19-17-,20-18-,25-23-,26-24-,29-28-,32-31-,35-34-,41-39-. The van der Waals surface area contributed by atoms with Crippen LogP contribution in [0.5, 0.6) is 0 Å². The van der Waals surface area contributed by atoms with Gasteiger partial charge in [0.15, 0.2) is 6.10 Å². The van der Waals surface area contributed by atoms with Crippen molar-refractivity contribution in [3.8, 4) is 0 Å². The van der Waals surface area contributed by atoms with Crippen LogP contribution in [0.1, 0.15) is 232 Å². The summed E-state index contributed by atoms with van der Waals surface area (Å²) in [6, 6.07) is 0. The van der Waals surface area contributed by atoms with E-state index in [-0.39, 0.29) is 25.2 Å². The molecule has 0 aromatic heterocycles. The average Bonchev–Trinajstić information content (AvgIpc) is 3.36. The average molecular weight is 966 g/mol. The Kier molecular flexibility index (Phi) is 55.5. The van der Waals surface area contributed by atoms with Crippen molar-refractivity contribution in [2.24, 2.45) is 0 Å². The Balaban J connectivity index is 3.58. The first-order valence-corrected chi connectivity index (χ1v) is 28.4. The van der Waals surface area contributed by atoms with Gasteiger partial charge >= 0.3 is 11.9 Å². The second-order valence-electron chi connectivity index (χ2n) is 18.2. The quantitative estimate of drug-likeness (QED) is 0.0374. The lowest BCUT2D eigenvalue weighted by Crippen LogP contribution is -2.28. The van der Waals surface area contributed by atoms with Crippen LogP contribution in [0, 0.1) is 0 Å². The second kappa shape index (κ2) is 59.1. The number of hydrogen-bond acceptors (Lipinski definition) is 5. The highest BCUT2D eigenvalue weighted by Crippen LogP contribution is 2.14. The van der Waals surface area contributed by atoms with Crippen molar-refractivity contribution in [1.29, 1.82) is 0 Å². The van der Waals surface area contributed by atoms with E-state index in [0.717, 1.165) is 122 Å².